The van der Waals surface area contributed by atoms with Crippen LogP contribution in [-0.4, -0.2) is 34.0 Å². The van der Waals surface area contributed by atoms with E-state index in [1.54, 1.807) is 6.07 Å². The van der Waals surface area contributed by atoms with Crippen LogP contribution in [0.4, 0.5) is 5.95 Å². The number of anilines is 1. The van der Waals surface area contributed by atoms with Crippen LogP contribution in [0.15, 0.2) is 6.07 Å². The molecule has 2 rings (SSSR count). The third-order valence-corrected chi connectivity index (χ3v) is 3.69. The molecule has 1 saturated heterocycles. The van der Waals surface area contributed by atoms with Crippen molar-refractivity contribution >= 4 is 29.1 Å². The van der Waals surface area contributed by atoms with E-state index < -0.39 is 0 Å². The highest BCUT2D eigenvalue weighted by Crippen LogP contribution is 2.23. The maximum atomic E-state index is 10.9. The molecule has 0 aromatic carbocycles. The van der Waals surface area contributed by atoms with Gasteiger partial charge < -0.3 is 16.4 Å². The number of nitrogens with zero attached hydrogens (tertiary/aromatic N) is 3. The maximum Gasteiger partial charge on any atom is 0.226 e. The highest BCUT2D eigenvalue weighted by Gasteiger charge is 2.22. The molecule has 0 spiro atoms. The molecule has 0 atom stereocenters. The van der Waals surface area contributed by atoms with Gasteiger partial charge in [0.15, 0.2) is 0 Å². The largest absolute Gasteiger partial charge is 0.388 e. The predicted octanol–water partition coefficient (Wildman–Crippen LogP) is 0.511. The van der Waals surface area contributed by atoms with Gasteiger partial charge in [0.05, 0.1) is 0 Å². The average molecular weight is 293 g/mol. The fourth-order valence-electron chi connectivity index (χ4n) is 2.44. The van der Waals surface area contributed by atoms with Crippen LogP contribution in [0.2, 0.25) is 0 Å². The molecule has 1 aromatic rings. The molecule has 0 radical (unpaired) electrons. The molecule has 20 heavy (non-hydrogen) atoms. The second kappa shape index (κ2) is 6.13. The minimum atomic E-state index is -0.231. The molecule has 0 unspecified atom stereocenters. The van der Waals surface area contributed by atoms with Gasteiger partial charge in [-0.05, 0) is 31.7 Å². The van der Waals surface area contributed by atoms with Crippen LogP contribution in [0, 0.1) is 12.8 Å². The van der Waals surface area contributed by atoms with Crippen LogP contribution < -0.4 is 16.4 Å². The van der Waals surface area contributed by atoms with E-state index in [1.807, 2.05) is 6.92 Å². The average Bonchev–Trinajstić information content (AvgIpc) is 2.38. The summed E-state index contributed by atoms with van der Waals surface area (Å²) in [6.45, 7) is 3.53. The molecule has 1 amide bonds. The highest BCUT2D eigenvalue weighted by molar-refractivity contribution is 7.80. The third kappa shape index (κ3) is 3.63. The van der Waals surface area contributed by atoms with Gasteiger partial charge in [-0.2, -0.15) is 0 Å². The highest BCUT2D eigenvalue weighted by atomic mass is 32.1. The van der Waals surface area contributed by atoms with Crippen molar-refractivity contribution in [3.63, 3.8) is 0 Å². The molecule has 1 aromatic heterocycles. The molecule has 0 saturated carbocycles. The molecule has 7 heteroatoms. The summed E-state index contributed by atoms with van der Waals surface area (Å²) < 4.78 is 0. The Balaban J connectivity index is 2.07. The lowest BCUT2D eigenvalue weighted by atomic mass is 9.93. The smallest absolute Gasteiger partial charge is 0.226 e. The number of nitrogens with two attached hydrogens (primary N) is 2. The SMILES string of the molecule is Cc1cc(C(N)=S)nc(N2CCC(CC(N)=O)CC2)n1. The summed E-state index contributed by atoms with van der Waals surface area (Å²) in [6.07, 6.45) is 2.30. The second-order valence-electron chi connectivity index (χ2n) is 5.16. The molecule has 0 bridgehead atoms. The van der Waals surface area contributed by atoms with Crippen LogP contribution in [0.5, 0.6) is 0 Å². The van der Waals surface area contributed by atoms with Crippen LogP contribution in [0.25, 0.3) is 0 Å². The fraction of sp³-hybridized carbons (Fsp3) is 0.538. The molecular weight excluding hydrogens is 274 g/mol. The van der Waals surface area contributed by atoms with Gasteiger partial charge in [0.25, 0.3) is 0 Å². The Labute approximate surface area is 123 Å². The van der Waals surface area contributed by atoms with Gasteiger partial charge in [0.1, 0.15) is 10.7 Å². The number of amides is 1. The van der Waals surface area contributed by atoms with Gasteiger partial charge in [-0.3, -0.25) is 4.79 Å². The summed E-state index contributed by atoms with van der Waals surface area (Å²) in [4.78, 5) is 22.2. The molecule has 1 aliphatic heterocycles. The lowest BCUT2D eigenvalue weighted by Crippen LogP contribution is -2.36. The van der Waals surface area contributed by atoms with Crippen molar-refractivity contribution in [3.05, 3.63) is 17.5 Å². The minimum Gasteiger partial charge on any atom is -0.388 e. The van der Waals surface area contributed by atoms with E-state index in [0.29, 0.717) is 24.0 Å². The van der Waals surface area contributed by atoms with Gasteiger partial charge in [-0.25, -0.2) is 9.97 Å². The van der Waals surface area contributed by atoms with Crippen LogP contribution in [-0.2, 0) is 4.79 Å². The Kier molecular flexibility index (Phi) is 4.49. The minimum absolute atomic E-state index is 0.231. The first-order chi connectivity index (χ1) is 9.45. The first-order valence-electron chi connectivity index (χ1n) is 6.64. The zero-order chi connectivity index (χ0) is 14.7. The van der Waals surface area contributed by atoms with Gasteiger partial charge >= 0.3 is 0 Å². The Morgan fingerprint density at radius 1 is 1.40 bits per heavy atom. The lowest BCUT2D eigenvalue weighted by Gasteiger charge is -2.31. The van der Waals surface area contributed by atoms with Crippen LogP contribution >= 0.6 is 12.2 Å². The van der Waals surface area contributed by atoms with E-state index in [1.165, 1.54) is 0 Å². The zero-order valence-corrected chi connectivity index (χ0v) is 12.3. The number of hydrogen-bond donors (Lipinski definition) is 2. The van der Waals surface area contributed by atoms with Crippen molar-refractivity contribution in [2.45, 2.75) is 26.2 Å². The first-order valence-corrected chi connectivity index (χ1v) is 7.05. The Morgan fingerprint density at radius 2 is 2.05 bits per heavy atom. The molecule has 108 valence electrons. The Morgan fingerprint density at radius 3 is 2.60 bits per heavy atom. The van der Waals surface area contributed by atoms with Gasteiger partial charge in [0.2, 0.25) is 11.9 Å². The Hall–Kier alpha value is -1.76. The maximum absolute atomic E-state index is 10.9. The lowest BCUT2D eigenvalue weighted by molar-refractivity contribution is -0.119. The molecular formula is C13H19N5OS. The predicted molar refractivity (Wildman–Crippen MR) is 81.4 cm³/mol. The van der Waals surface area contributed by atoms with Gasteiger partial charge in [-0.15, -0.1) is 0 Å². The van der Waals surface area contributed by atoms with Crippen molar-refractivity contribution in [1.82, 2.24) is 9.97 Å². The summed E-state index contributed by atoms with van der Waals surface area (Å²) in [7, 11) is 0. The number of carbonyl (C=O) groups excluding carboxylic acids is 1. The standard InChI is InChI=1S/C13H19N5OS/c1-8-6-10(12(15)20)17-13(16-8)18-4-2-9(3-5-18)7-11(14)19/h6,9H,2-5,7H2,1H3,(H2,14,19)(H2,15,20). The summed E-state index contributed by atoms with van der Waals surface area (Å²) in [5, 5.41) is 0. The molecule has 6 nitrogen and oxygen atoms in total. The van der Waals surface area contributed by atoms with E-state index >= 15 is 0 Å². The normalized spacial score (nSPS) is 16.1. The van der Waals surface area contributed by atoms with Crippen LogP contribution in [0.3, 0.4) is 0 Å². The van der Waals surface area contributed by atoms with Gasteiger partial charge in [-0.1, -0.05) is 12.2 Å². The van der Waals surface area contributed by atoms with Crippen molar-refractivity contribution in [2.24, 2.45) is 17.4 Å². The molecule has 4 N–H and O–H groups in total. The number of primary amides is 1. The van der Waals surface area contributed by atoms with E-state index in [-0.39, 0.29) is 10.9 Å². The van der Waals surface area contributed by atoms with Crippen molar-refractivity contribution in [1.29, 1.82) is 0 Å². The number of carbonyl (C=O) groups is 1. The zero-order valence-electron chi connectivity index (χ0n) is 11.5. The monoisotopic (exact) mass is 293 g/mol. The van der Waals surface area contributed by atoms with Crippen LogP contribution in [0.1, 0.15) is 30.7 Å². The number of piperidine rings is 1. The van der Waals surface area contributed by atoms with E-state index in [0.717, 1.165) is 31.6 Å². The quantitative estimate of drug-likeness (QED) is 0.785. The summed E-state index contributed by atoms with van der Waals surface area (Å²) in [6, 6.07) is 1.78. The molecule has 1 aliphatic rings. The van der Waals surface area contributed by atoms with Crippen molar-refractivity contribution in [3.8, 4) is 0 Å². The topological polar surface area (TPSA) is 98.1 Å². The number of thiocarbonyl (C=S) groups is 1. The van der Waals surface area contributed by atoms with Crippen molar-refractivity contribution < 1.29 is 4.79 Å². The number of rotatable bonds is 4. The van der Waals surface area contributed by atoms with E-state index in [4.69, 9.17) is 23.7 Å². The molecule has 2 heterocycles. The Bertz CT molecular complexity index is 525. The number of aromatic nitrogens is 2. The summed E-state index contributed by atoms with van der Waals surface area (Å²) >= 11 is 4.97. The molecule has 1 fully saturated rings. The summed E-state index contributed by atoms with van der Waals surface area (Å²) in [5.74, 6) is 0.792. The summed E-state index contributed by atoms with van der Waals surface area (Å²) in [5.41, 5.74) is 12.3. The third-order valence-electron chi connectivity index (χ3n) is 3.48. The molecule has 0 aliphatic carbocycles. The van der Waals surface area contributed by atoms with Gasteiger partial charge in [0, 0.05) is 25.2 Å². The first kappa shape index (κ1) is 14.6. The van der Waals surface area contributed by atoms with E-state index in [9.17, 15) is 4.79 Å². The van der Waals surface area contributed by atoms with E-state index in [2.05, 4.69) is 14.9 Å². The van der Waals surface area contributed by atoms with Crippen molar-refractivity contribution in [2.75, 3.05) is 18.0 Å². The number of hydrogen-bond acceptors (Lipinski definition) is 5. The second-order valence-corrected chi connectivity index (χ2v) is 5.60. The number of aryl methyl sites for hydroxylation is 1. The fourth-order valence-corrected chi connectivity index (χ4v) is 2.55.